The van der Waals surface area contributed by atoms with Crippen LogP contribution in [0.5, 0.6) is 5.75 Å². The van der Waals surface area contributed by atoms with Crippen LogP contribution in [0.15, 0.2) is 58.4 Å². The Morgan fingerprint density at radius 1 is 1.05 bits per heavy atom. The molecule has 3 atom stereocenters. The molecule has 0 bridgehead atoms. The van der Waals surface area contributed by atoms with Gasteiger partial charge in [0, 0.05) is 34.9 Å². The highest BCUT2D eigenvalue weighted by atomic mass is 32.2. The number of pyridine rings is 1. The maximum Gasteiger partial charge on any atom is 0.278 e. The third-order valence-electron chi connectivity index (χ3n) is 8.18. The Labute approximate surface area is 232 Å². The molecule has 1 saturated carbocycles. The average Bonchev–Trinajstić information content (AvgIpc) is 3.79. The zero-order valence-corrected chi connectivity index (χ0v) is 22.1. The van der Waals surface area contributed by atoms with Gasteiger partial charge in [0.05, 0.1) is 19.3 Å². The Kier molecular flexibility index (Phi) is 5.97. The molecule has 3 aromatic rings. The van der Waals surface area contributed by atoms with Gasteiger partial charge in [-0.2, -0.15) is 0 Å². The fourth-order valence-electron chi connectivity index (χ4n) is 6.05. The quantitative estimate of drug-likeness (QED) is 0.516. The number of amides is 1. The number of ether oxygens (including phenoxy) is 1. The zero-order valence-electron chi connectivity index (χ0n) is 21.3. The molecular weight excluding hydrogens is 540 g/mol. The molecule has 1 amide bonds. The summed E-state index contributed by atoms with van der Waals surface area (Å²) in [7, 11) is 0. The van der Waals surface area contributed by atoms with E-state index in [-0.39, 0.29) is 41.9 Å². The summed E-state index contributed by atoms with van der Waals surface area (Å²) >= 11 is 1.37. The molecule has 2 fully saturated rings. The number of fused-ring (bicyclic) bond motifs is 4. The number of ketones is 1. The smallest absolute Gasteiger partial charge is 0.278 e. The largest absolute Gasteiger partial charge is 0.502 e. The Hall–Kier alpha value is -3.70. The van der Waals surface area contributed by atoms with Gasteiger partial charge in [-0.05, 0) is 42.0 Å². The summed E-state index contributed by atoms with van der Waals surface area (Å²) in [5.41, 5.74) is 0.397. The number of nitrogens with zero attached hydrogens (tertiary/aromatic N) is 3. The molecule has 206 valence electrons. The maximum atomic E-state index is 15.3. The molecule has 1 saturated heterocycles. The van der Waals surface area contributed by atoms with Crippen molar-refractivity contribution in [1.29, 1.82) is 0 Å². The van der Waals surface area contributed by atoms with Crippen molar-refractivity contribution in [3.8, 4) is 5.75 Å². The first-order valence-corrected chi connectivity index (χ1v) is 14.2. The van der Waals surface area contributed by atoms with Crippen LogP contribution in [0.2, 0.25) is 0 Å². The Bertz CT molecular complexity index is 1620. The van der Waals surface area contributed by atoms with Gasteiger partial charge in [-0.3, -0.25) is 24.1 Å². The van der Waals surface area contributed by atoms with Crippen molar-refractivity contribution >= 4 is 23.5 Å². The van der Waals surface area contributed by atoms with Gasteiger partial charge in [-0.25, -0.2) is 8.78 Å². The van der Waals surface area contributed by atoms with Crippen LogP contribution in [0.25, 0.3) is 0 Å². The van der Waals surface area contributed by atoms with Gasteiger partial charge >= 0.3 is 0 Å². The summed E-state index contributed by atoms with van der Waals surface area (Å²) in [5.74, 6) is -3.00. The molecule has 1 aliphatic carbocycles. The number of thioether (sulfide) groups is 1. The summed E-state index contributed by atoms with van der Waals surface area (Å²) in [6.45, 7) is 0.0170. The normalized spacial score (nSPS) is 23.6. The van der Waals surface area contributed by atoms with Crippen molar-refractivity contribution < 1.29 is 28.2 Å². The van der Waals surface area contributed by atoms with Gasteiger partial charge in [-0.1, -0.05) is 24.3 Å². The number of carbonyl (C=O) groups excluding carboxylic acids is 2. The molecule has 2 aromatic carbocycles. The van der Waals surface area contributed by atoms with E-state index < -0.39 is 47.0 Å². The lowest BCUT2D eigenvalue weighted by molar-refractivity contribution is -0.133. The Balaban J connectivity index is 1.48. The summed E-state index contributed by atoms with van der Waals surface area (Å²) in [4.78, 5) is 42.2. The van der Waals surface area contributed by atoms with Crippen LogP contribution in [0.3, 0.4) is 0 Å². The fourth-order valence-corrected chi connectivity index (χ4v) is 7.16. The monoisotopic (exact) mass is 565 g/mol. The molecule has 0 radical (unpaired) electrons. The van der Waals surface area contributed by atoms with Crippen LogP contribution >= 0.6 is 11.8 Å². The highest BCUT2D eigenvalue weighted by molar-refractivity contribution is 7.98. The lowest BCUT2D eigenvalue weighted by Crippen LogP contribution is -2.70. The summed E-state index contributed by atoms with van der Waals surface area (Å²) in [6.07, 6.45) is 2.77. The summed E-state index contributed by atoms with van der Waals surface area (Å²) in [6, 6.07) is 9.53. The van der Waals surface area contributed by atoms with Crippen LogP contribution in [0.4, 0.5) is 8.78 Å². The molecular formula is C29H25F2N3O5S. The minimum absolute atomic E-state index is 0.00695. The van der Waals surface area contributed by atoms with E-state index in [1.54, 1.807) is 5.01 Å². The second-order valence-corrected chi connectivity index (χ2v) is 11.6. The number of morpholine rings is 1. The summed E-state index contributed by atoms with van der Waals surface area (Å²) < 4.78 is 37.1. The van der Waals surface area contributed by atoms with E-state index >= 15 is 4.39 Å². The van der Waals surface area contributed by atoms with E-state index in [9.17, 15) is 23.9 Å². The second-order valence-electron chi connectivity index (χ2n) is 10.6. The molecule has 7 rings (SSSR count). The van der Waals surface area contributed by atoms with Crippen LogP contribution in [0.1, 0.15) is 52.5 Å². The van der Waals surface area contributed by atoms with E-state index in [0.29, 0.717) is 12.0 Å². The first-order chi connectivity index (χ1) is 19.3. The van der Waals surface area contributed by atoms with Gasteiger partial charge < -0.3 is 14.7 Å². The molecule has 40 heavy (non-hydrogen) atoms. The first kappa shape index (κ1) is 25.3. The van der Waals surface area contributed by atoms with Crippen molar-refractivity contribution in [3.63, 3.8) is 0 Å². The van der Waals surface area contributed by atoms with Crippen molar-refractivity contribution in [2.45, 2.75) is 48.2 Å². The topological polar surface area (TPSA) is 92.1 Å². The summed E-state index contributed by atoms with van der Waals surface area (Å²) in [5, 5.41) is 12.6. The molecule has 1 unspecified atom stereocenters. The fraction of sp³-hybridized carbons (Fsp3) is 0.345. The zero-order chi connectivity index (χ0) is 27.7. The SMILES string of the molecule is O=C(CC1CC1)C1COC[C@@H]2N1C(=O)c1c(O)c(=O)ccn1N2[C@@H]1c2ccccc2SCc2c1ccc(F)c2F. The first-order valence-electron chi connectivity index (χ1n) is 13.2. The van der Waals surface area contributed by atoms with E-state index in [1.165, 1.54) is 33.6 Å². The predicted molar refractivity (Wildman–Crippen MR) is 142 cm³/mol. The number of hydrogen-bond donors (Lipinski definition) is 1. The van der Waals surface area contributed by atoms with Gasteiger partial charge in [0.1, 0.15) is 12.2 Å². The lowest BCUT2D eigenvalue weighted by Gasteiger charge is -2.53. The highest BCUT2D eigenvalue weighted by Crippen LogP contribution is 2.45. The number of halogens is 2. The molecule has 0 spiro atoms. The van der Waals surface area contributed by atoms with Gasteiger partial charge in [-0.15, -0.1) is 11.8 Å². The van der Waals surface area contributed by atoms with Gasteiger partial charge in [0.15, 0.2) is 28.9 Å². The number of aromatic hydroxyl groups is 1. The van der Waals surface area contributed by atoms with Crippen LogP contribution in [0, 0.1) is 17.6 Å². The number of aromatic nitrogens is 1. The molecule has 4 aliphatic rings. The molecule has 4 heterocycles. The van der Waals surface area contributed by atoms with Gasteiger partial charge in [0.2, 0.25) is 5.43 Å². The Morgan fingerprint density at radius 3 is 2.65 bits per heavy atom. The third kappa shape index (κ3) is 3.86. The minimum Gasteiger partial charge on any atom is -0.502 e. The van der Waals surface area contributed by atoms with Crippen LogP contribution < -0.4 is 10.4 Å². The molecule has 1 aromatic heterocycles. The van der Waals surface area contributed by atoms with Gasteiger partial charge in [0.25, 0.3) is 5.91 Å². The van der Waals surface area contributed by atoms with Crippen LogP contribution in [-0.2, 0) is 15.3 Å². The lowest BCUT2D eigenvalue weighted by atomic mass is 9.92. The van der Waals surface area contributed by atoms with E-state index in [2.05, 4.69) is 0 Å². The number of hydrogen-bond acceptors (Lipinski definition) is 7. The standard InChI is InChI=1S/C29H25F2N3O5S/c30-19-8-7-16-18(25(19)31)14-40-23-4-2-1-3-17(23)26(16)34-24-13-39-12-20(22(36)11-15-5-6-15)33(24)29(38)27-28(37)21(35)9-10-32(27)34/h1-4,7-10,15,20,24,26,37H,5-6,11-14H2/t20?,24-,26+/m1/s1. The maximum absolute atomic E-state index is 15.3. The minimum atomic E-state index is -0.965. The molecule has 11 heteroatoms. The number of carbonyl (C=O) groups is 2. The van der Waals surface area contributed by atoms with Crippen molar-refractivity contribution in [1.82, 2.24) is 9.58 Å². The highest BCUT2D eigenvalue weighted by Gasteiger charge is 2.51. The third-order valence-corrected chi connectivity index (χ3v) is 9.30. The molecule has 1 N–H and O–H groups in total. The van der Waals surface area contributed by atoms with Crippen molar-refractivity contribution in [2.75, 3.05) is 18.2 Å². The molecule has 8 nitrogen and oxygen atoms in total. The average molecular weight is 566 g/mol. The predicted octanol–water partition coefficient (Wildman–Crippen LogP) is 3.72. The van der Waals surface area contributed by atoms with E-state index in [0.717, 1.165) is 35.4 Å². The Morgan fingerprint density at radius 2 is 1.85 bits per heavy atom. The van der Waals surface area contributed by atoms with Crippen molar-refractivity contribution in [2.24, 2.45) is 5.92 Å². The number of benzene rings is 2. The second kappa shape index (κ2) is 9.45. The number of rotatable bonds is 4. The van der Waals surface area contributed by atoms with E-state index in [1.807, 2.05) is 24.3 Å². The van der Waals surface area contributed by atoms with Crippen LogP contribution in [-0.4, -0.2) is 51.8 Å². The van der Waals surface area contributed by atoms with E-state index in [4.69, 9.17) is 4.74 Å². The number of Topliss-reactive ketones (excluding diaryl/α,β-unsaturated/α-hetero) is 1. The van der Waals surface area contributed by atoms with Crippen molar-refractivity contribution in [3.05, 3.63) is 92.9 Å². The molecule has 3 aliphatic heterocycles.